The van der Waals surface area contributed by atoms with E-state index in [2.05, 4.69) is 0 Å². The largest absolute Gasteiger partial charge is 0.504 e. The maximum atomic E-state index is 12.4. The van der Waals surface area contributed by atoms with Crippen molar-refractivity contribution in [2.24, 2.45) is 0 Å². The minimum Gasteiger partial charge on any atom is -0.504 e. The molecule has 0 spiro atoms. The number of hydrogen-bond donors (Lipinski definition) is 1. The molecule has 0 heterocycles. The second kappa shape index (κ2) is 9.11. The van der Waals surface area contributed by atoms with Gasteiger partial charge in [-0.15, -0.1) is 0 Å². The van der Waals surface area contributed by atoms with E-state index in [1.807, 2.05) is 0 Å². The SMILES string of the molecule is COc1cc(C(=O)C=Cc2ccc(Oc3ccccc3Cl)c([N+](=O)[O-])c2)ccc1O. The maximum Gasteiger partial charge on any atom is 0.312 e. The van der Waals surface area contributed by atoms with Crippen molar-refractivity contribution in [3.05, 3.63) is 93.0 Å². The zero-order valence-corrected chi connectivity index (χ0v) is 16.5. The van der Waals surface area contributed by atoms with Gasteiger partial charge in [0.1, 0.15) is 5.75 Å². The standard InChI is InChI=1S/C22H16ClNO6/c1-29-22-13-15(8-10-19(22)26)18(25)9-6-14-7-11-21(17(12-14)24(27)28)30-20-5-3-2-4-16(20)23/h2-13,26H,1H3. The summed E-state index contributed by atoms with van der Waals surface area (Å²) >= 11 is 6.04. The number of nitro groups is 1. The molecule has 0 unspecified atom stereocenters. The van der Waals surface area contributed by atoms with Gasteiger partial charge >= 0.3 is 5.69 Å². The number of allylic oxidation sites excluding steroid dienone is 1. The fourth-order valence-electron chi connectivity index (χ4n) is 2.61. The number of para-hydroxylation sites is 1. The molecule has 0 bridgehead atoms. The Bertz CT molecular complexity index is 1140. The lowest BCUT2D eigenvalue weighted by molar-refractivity contribution is -0.385. The Kier molecular flexibility index (Phi) is 6.34. The molecule has 7 nitrogen and oxygen atoms in total. The Morgan fingerprint density at radius 1 is 1.07 bits per heavy atom. The zero-order chi connectivity index (χ0) is 21.7. The molecule has 3 aromatic rings. The molecule has 0 fully saturated rings. The molecular formula is C22H16ClNO6. The van der Waals surface area contributed by atoms with E-state index in [9.17, 15) is 20.0 Å². The Morgan fingerprint density at radius 2 is 1.83 bits per heavy atom. The van der Waals surface area contributed by atoms with Gasteiger partial charge in [0.15, 0.2) is 17.3 Å². The molecular weight excluding hydrogens is 410 g/mol. The third-order valence-corrected chi connectivity index (χ3v) is 4.44. The highest BCUT2D eigenvalue weighted by Gasteiger charge is 2.17. The number of methoxy groups -OCH3 is 1. The van der Waals surface area contributed by atoms with E-state index in [1.165, 1.54) is 49.6 Å². The molecule has 0 atom stereocenters. The summed E-state index contributed by atoms with van der Waals surface area (Å²) < 4.78 is 10.6. The molecule has 3 rings (SSSR count). The highest BCUT2D eigenvalue weighted by Crippen LogP contribution is 2.35. The average molecular weight is 426 g/mol. The van der Waals surface area contributed by atoms with E-state index in [0.717, 1.165) is 0 Å². The second-order valence-electron chi connectivity index (χ2n) is 6.10. The Balaban J connectivity index is 1.85. The molecule has 30 heavy (non-hydrogen) atoms. The molecule has 0 aliphatic carbocycles. The van der Waals surface area contributed by atoms with Crippen LogP contribution in [0.3, 0.4) is 0 Å². The van der Waals surface area contributed by atoms with E-state index in [-0.39, 0.29) is 28.7 Å². The molecule has 0 aromatic heterocycles. The average Bonchev–Trinajstić information content (AvgIpc) is 2.74. The summed E-state index contributed by atoms with van der Waals surface area (Å²) in [5.41, 5.74) is 0.470. The quantitative estimate of drug-likeness (QED) is 0.227. The van der Waals surface area contributed by atoms with Crippen molar-refractivity contribution < 1.29 is 24.3 Å². The van der Waals surface area contributed by atoms with Gasteiger partial charge in [-0.2, -0.15) is 0 Å². The lowest BCUT2D eigenvalue weighted by atomic mass is 10.1. The number of rotatable bonds is 7. The van der Waals surface area contributed by atoms with Crippen molar-refractivity contribution in [3.63, 3.8) is 0 Å². The first-order valence-corrected chi connectivity index (χ1v) is 9.07. The summed E-state index contributed by atoms with van der Waals surface area (Å²) in [6.07, 6.45) is 2.73. The summed E-state index contributed by atoms with van der Waals surface area (Å²) in [6.45, 7) is 0. The van der Waals surface area contributed by atoms with Crippen LogP contribution in [0.25, 0.3) is 6.08 Å². The molecule has 0 amide bonds. The number of carbonyl (C=O) groups is 1. The predicted molar refractivity (Wildman–Crippen MR) is 113 cm³/mol. The van der Waals surface area contributed by atoms with E-state index in [4.69, 9.17) is 21.1 Å². The number of carbonyl (C=O) groups excluding carboxylic acids is 1. The van der Waals surface area contributed by atoms with Gasteiger partial charge in [0.25, 0.3) is 0 Å². The van der Waals surface area contributed by atoms with Gasteiger partial charge in [-0.25, -0.2) is 0 Å². The Hall–Kier alpha value is -3.84. The summed E-state index contributed by atoms with van der Waals surface area (Å²) in [6, 6.07) is 15.2. The number of halogens is 1. The van der Waals surface area contributed by atoms with Crippen LogP contribution in [-0.4, -0.2) is 22.9 Å². The fraction of sp³-hybridized carbons (Fsp3) is 0.0455. The number of ketones is 1. The molecule has 0 aliphatic heterocycles. The number of nitrogens with zero attached hydrogens (tertiary/aromatic N) is 1. The summed E-state index contributed by atoms with van der Waals surface area (Å²) in [5, 5.41) is 21.4. The van der Waals surface area contributed by atoms with E-state index in [1.54, 1.807) is 30.3 Å². The molecule has 8 heteroatoms. The van der Waals surface area contributed by atoms with Crippen molar-refractivity contribution in [2.75, 3.05) is 7.11 Å². The Labute approximate surface area is 176 Å². The van der Waals surface area contributed by atoms with E-state index >= 15 is 0 Å². The van der Waals surface area contributed by atoms with Crippen LogP contribution in [0, 0.1) is 10.1 Å². The van der Waals surface area contributed by atoms with E-state index in [0.29, 0.717) is 21.9 Å². The number of ether oxygens (including phenoxy) is 2. The van der Waals surface area contributed by atoms with Gasteiger partial charge in [0.05, 0.1) is 17.1 Å². The number of benzene rings is 3. The number of aromatic hydroxyl groups is 1. The van der Waals surface area contributed by atoms with Crippen LogP contribution in [-0.2, 0) is 0 Å². The van der Waals surface area contributed by atoms with Gasteiger partial charge in [-0.05, 0) is 48.0 Å². The van der Waals surface area contributed by atoms with Crippen LogP contribution in [0.1, 0.15) is 15.9 Å². The summed E-state index contributed by atoms with van der Waals surface area (Å²) in [4.78, 5) is 23.3. The summed E-state index contributed by atoms with van der Waals surface area (Å²) in [7, 11) is 1.38. The highest BCUT2D eigenvalue weighted by molar-refractivity contribution is 6.32. The molecule has 0 saturated carbocycles. The first-order chi connectivity index (χ1) is 14.4. The van der Waals surface area contributed by atoms with E-state index < -0.39 is 4.92 Å². The highest BCUT2D eigenvalue weighted by atomic mass is 35.5. The zero-order valence-electron chi connectivity index (χ0n) is 15.7. The van der Waals surface area contributed by atoms with Crippen molar-refractivity contribution in [2.45, 2.75) is 0 Å². The normalized spacial score (nSPS) is 10.7. The Morgan fingerprint density at radius 3 is 2.53 bits per heavy atom. The van der Waals surface area contributed by atoms with Crippen molar-refractivity contribution in [1.29, 1.82) is 0 Å². The van der Waals surface area contributed by atoms with Gasteiger partial charge in [0, 0.05) is 11.6 Å². The molecule has 152 valence electrons. The number of phenolic OH excluding ortho intramolecular Hbond substituents is 1. The monoisotopic (exact) mass is 425 g/mol. The van der Waals surface area contributed by atoms with Crippen LogP contribution < -0.4 is 9.47 Å². The first-order valence-electron chi connectivity index (χ1n) is 8.69. The fourth-order valence-corrected chi connectivity index (χ4v) is 2.79. The molecule has 1 N–H and O–H groups in total. The third-order valence-electron chi connectivity index (χ3n) is 4.13. The van der Waals surface area contributed by atoms with Crippen LogP contribution >= 0.6 is 11.6 Å². The third kappa shape index (κ3) is 4.76. The predicted octanol–water partition coefficient (Wildman–Crippen LogP) is 5.65. The van der Waals surface area contributed by atoms with Crippen LogP contribution in [0.2, 0.25) is 5.02 Å². The lowest BCUT2D eigenvalue weighted by Crippen LogP contribution is -1.96. The minimum absolute atomic E-state index is 0.0276. The molecule has 0 radical (unpaired) electrons. The molecule has 3 aromatic carbocycles. The van der Waals surface area contributed by atoms with Crippen LogP contribution in [0.15, 0.2) is 66.7 Å². The number of phenols is 1. The summed E-state index contributed by atoms with van der Waals surface area (Å²) in [5.74, 6) is 0.0583. The second-order valence-corrected chi connectivity index (χ2v) is 6.51. The van der Waals surface area contributed by atoms with Gasteiger partial charge in [0.2, 0.25) is 5.75 Å². The first kappa shape index (κ1) is 20.9. The number of nitro benzene ring substituents is 1. The minimum atomic E-state index is -0.573. The lowest BCUT2D eigenvalue weighted by Gasteiger charge is -2.08. The van der Waals surface area contributed by atoms with Crippen molar-refractivity contribution in [1.82, 2.24) is 0 Å². The molecule has 0 saturated heterocycles. The smallest absolute Gasteiger partial charge is 0.312 e. The van der Waals surface area contributed by atoms with Gasteiger partial charge in [-0.1, -0.05) is 35.9 Å². The van der Waals surface area contributed by atoms with Crippen LogP contribution in [0.4, 0.5) is 5.69 Å². The van der Waals surface area contributed by atoms with Crippen LogP contribution in [0.5, 0.6) is 23.0 Å². The number of hydrogen-bond acceptors (Lipinski definition) is 6. The maximum absolute atomic E-state index is 12.4. The molecule has 0 aliphatic rings. The van der Waals surface area contributed by atoms with Crippen molar-refractivity contribution >= 4 is 29.1 Å². The van der Waals surface area contributed by atoms with Gasteiger partial charge < -0.3 is 14.6 Å². The van der Waals surface area contributed by atoms with Crippen molar-refractivity contribution in [3.8, 4) is 23.0 Å². The van der Waals surface area contributed by atoms with Gasteiger partial charge in [-0.3, -0.25) is 14.9 Å². The topological polar surface area (TPSA) is 98.9 Å².